The van der Waals surface area contributed by atoms with Crippen molar-refractivity contribution >= 4 is 39.4 Å². The molecule has 29 heavy (non-hydrogen) atoms. The lowest BCUT2D eigenvalue weighted by Crippen LogP contribution is -2.19. The minimum atomic E-state index is -0.212. The predicted octanol–water partition coefficient (Wildman–Crippen LogP) is 2.76. The zero-order valence-electron chi connectivity index (χ0n) is 15.3. The van der Waals surface area contributed by atoms with Gasteiger partial charge in [-0.1, -0.05) is 24.3 Å². The Balaban J connectivity index is 1.87. The van der Waals surface area contributed by atoms with E-state index in [-0.39, 0.29) is 5.56 Å². The van der Waals surface area contributed by atoms with Gasteiger partial charge in [0.05, 0.1) is 22.9 Å². The van der Waals surface area contributed by atoms with Crippen molar-refractivity contribution in [3.8, 4) is 0 Å². The van der Waals surface area contributed by atoms with Gasteiger partial charge in [0, 0.05) is 12.7 Å². The summed E-state index contributed by atoms with van der Waals surface area (Å²) in [5.41, 5.74) is 3.20. The molecule has 0 unspecified atom stereocenters. The molecule has 140 valence electrons. The number of fused-ring (bicyclic) bond motifs is 4. The Morgan fingerprint density at radius 2 is 1.79 bits per heavy atom. The predicted molar refractivity (Wildman–Crippen MR) is 112 cm³/mol. The van der Waals surface area contributed by atoms with E-state index in [4.69, 9.17) is 9.97 Å². The summed E-state index contributed by atoms with van der Waals surface area (Å²) in [5, 5.41) is 4.89. The van der Waals surface area contributed by atoms with Gasteiger partial charge in [0.25, 0.3) is 5.56 Å². The quantitative estimate of drug-likeness (QED) is 0.353. The van der Waals surface area contributed by atoms with Crippen molar-refractivity contribution < 1.29 is 0 Å². The van der Waals surface area contributed by atoms with Crippen molar-refractivity contribution in [2.75, 3.05) is 0 Å². The van der Waals surface area contributed by atoms with Crippen LogP contribution in [0.15, 0.2) is 77.5 Å². The molecule has 8 heteroatoms. The van der Waals surface area contributed by atoms with E-state index in [1.807, 2.05) is 42.5 Å². The number of allylic oxidation sites excluding steroid dienone is 1. The number of pyridine rings is 1. The Bertz CT molecular complexity index is 1470. The molecule has 8 nitrogen and oxygen atoms in total. The molecule has 5 aromatic rings. The summed E-state index contributed by atoms with van der Waals surface area (Å²) in [4.78, 5) is 31.2. The fourth-order valence-corrected chi connectivity index (χ4v) is 3.20. The number of para-hydroxylation sites is 2. The molecular formula is C21H15N7O. The van der Waals surface area contributed by atoms with Gasteiger partial charge in [-0.15, -0.1) is 6.58 Å². The lowest BCUT2D eigenvalue weighted by Gasteiger charge is -2.01. The van der Waals surface area contributed by atoms with Crippen LogP contribution in [0.2, 0.25) is 0 Å². The SMILES string of the molecule is C=CCn1cnc2c(c1=O)c1nc3ccccc3nc1n2/N=C/c1ccccn1. The monoisotopic (exact) mass is 381 g/mol. The molecule has 0 spiro atoms. The van der Waals surface area contributed by atoms with E-state index in [0.29, 0.717) is 45.5 Å². The average Bonchev–Trinajstić information content (AvgIpc) is 3.06. The maximum atomic E-state index is 13.1. The van der Waals surface area contributed by atoms with Crippen molar-refractivity contribution in [1.29, 1.82) is 0 Å². The van der Waals surface area contributed by atoms with Gasteiger partial charge in [-0.3, -0.25) is 14.3 Å². The molecule has 0 fully saturated rings. The van der Waals surface area contributed by atoms with Crippen LogP contribution in [0.5, 0.6) is 0 Å². The molecule has 5 rings (SSSR count). The third kappa shape index (κ3) is 2.78. The molecule has 0 atom stereocenters. The molecule has 0 bridgehead atoms. The maximum Gasteiger partial charge on any atom is 0.265 e. The van der Waals surface area contributed by atoms with Crippen molar-refractivity contribution in [3.63, 3.8) is 0 Å². The van der Waals surface area contributed by atoms with Gasteiger partial charge >= 0.3 is 0 Å². The second-order valence-corrected chi connectivity index (χ2v) is 6.38. The Morgan fingerprint density at radius 1 is 1.00 bits per heavy atom. The highest BCUT2D eigenvalue weighted by molar-refractivity contribution is 6.04. The molecule has 4 heterocycles. The van der Waals surface area contributed by atoms with Gasteiger partial charge in [0.2, 0.25) is 0 Å². The minimum Gasteiger partial charge on any atom is -0.295 e. The van der Waals surface area contributed by atoms with E-state index in [9.17, 15) is 4.79 Å². The molecule has 0 saturated heterocycles. The van der Waals surface area contributed by atoms with Crippen LogP contribution in [0, 0.1) is 0 Å². The first-order chi connectivity index (χ1) is 14.3. The van der Waals surface area contributed by atoms with Gasteiger partial charge in [0.15, 0.2) is 11.3 Å². The lowest BCUT2D eigenvalue weighted by atomic mass is 10.3. The Kier molecular flexibility index (Phi) is 3.94. The second kappa shape index (κ2) is 6.75. The summed E-state index contributed by atoms with van der Waals surface area (Å²) in [5.74, 6) is 0. The molecule has 0 saturated carbocycles. The summed E-state index contributed by atoms with van der Waals surface area (Å²) in [6.07, 6.45) is 6.42. The summed E-state index contributed by atoms with van der Waals surface area (Å²) in [6.45, 7) is 4.05. The summed E-state index contributed by atoms with van der Waals surface area (Å²) < 4.78 is 3.02. The molecule has 0 radical (unpaired) electrons. The van der Waals surface area contributed by atoms with Crippen molar-refractivity contribution in [2.24, 2.45) is 5.10 Å². The Morgan fingerprint density at radius 3 is 2.55 bits per heavy atom. The van der Waals surface area contributed by atoms with Crippen LogP contribution >= 0.6 is 0 Å². The largest absolute Gasteiger partial charge is 0.295 e. The molecule has 0 N–H and O–H groups in total. The van der Waals surface area contributed by atoms with Gasteiger partial charge in [-0.2, -0.15) is 9.78 Å². The highest BCUT2D eigenvalue weighted by Gasteiger charge is 2.19. The second-order valence-electron chi connectivity index (χ2n) is 6.38. The molecule has 1 aromatic carbocycles. The Hall–Kier alpha value is -4.20. The van der Waals surface area contributed by atoms with Crippen LogP contribution in [0.4, 0.5) is 0 Å². The van der Waals surface area contributed by atoms with Gasteiger partial charge in [-0.25, -0.2) is 15.0 Å². The maximum absolute atomic E-state index is 13.1. The first kappa shape index (κ1) is 16.9. The van der Waals surface area contributed by atoms with Crippen LogP contribution in [0.25, 0.3) is 33.2 Å². The molecule has 0 amide bonds. The summed E-state index contributed by atoms with van der Waals surface area (Å²) >= 11 is 0. The molecule has 4 aromatic heterocycles. The normalized spacial score (nSPS) is 11.7. The zero-order valence-corrected chi connectivity index (χ0v) is 15.3. The first-order valence-corrected chi connectivity index (χ1v) is 8.99. The van der Waals surface area contributed by atoms with E-state index in [1.54, 1.807) is 23.2 Å². The highest BCUT2D eigenvalue weighted by Crippen LogP contribution is 2.24. The van der Waals surface area contributed by atoms with Crippen LogP contribution in [-0.2, 0) is 6.54 Å². The summed E-state index contributed by atoms with van der Waals surface area (Å²) in [6, 6.07) is 13.1. The highest BCUT2D eigenvalue weighted by atomic mass is 16.1. The average molecular weight is 381 g/mol. The van der Waals surface area contributed by atoms with Gasteiger partial charge in [-0.05, 0) is 24.3 Å². The Labute approximate surface area is 164 Å². The van der Waals surface area contributed by atoms with E-state index < -0.39 is 0 Å². The van der Waals surface area contributed by atoms with Crippen molar-refractivity contribution in [2.45, 2.75) is 6.54 Å². The van der Waals surface area contributed by atoms with Gasteiger partial charge < -0.3 is 0 Å². The molecule has 0 aliphatic rings. The van der Waals surface area contributed by atoms with Crippen molar-refractivity contribution in [1.82, 2.24) is 29.2 Å². The zero-order chi connectivity index (χ0) is 19.8. The van der Waals surface area contributed by atoms with Crippen molar-refractivity contribution in [3.05, 3.63) is 83.7 Å². The smallest absolute Gasteiger partial charge is 0.265 e. The van der Waals surface area contributed by atoms with Gasteiger partial charge in [0.1, 0.15) is 17.2 Å². The van der Waals surface area contributed by atoms with Crippen LogP contribution in [0.3, 0.4) is 0 Å². The van der Waals surface area contributed by atoms with E-state index in [0.717, 1.165) is 0 Å². The standard InChI is InChI=1S/C21H15N7O/c1-2-11-27-13-23-19-17(21(27)29)18-20(26-16-9-4-3-8-15(16)25-18)28(19)24-12-14-7-5-6-10-22-14/h2-10,12-13H,1,11H2/b24-12+. The molecule has 0 aliphatic carbocycles. The van der Waals surface area contributed by atoms with E-state index in [1.165, 1.54) is 10.9 Å². The fourth-order valence-electron chi connectivity index (χ4n) is 3.20. The number of hydrogen-bond donors (Lipinski definition) is 0. The van der Waals surface area contributed by atoms with E-state index >= 15 is 0 Å². The molecule has 0 aliphatic heterocycles. The van der Waals surface area contributed by atoms with E-state index in [2.05, 4.69) is 21.6 Å². The van der Waals surface area contributed by atoms with Crippen LogP contribution in [-0.4, -0.2) is 35.4 Å². The number of nitrogens with zero attached hydrogens (tertiary/aromatic N) is 7. The first-order valence-electron chi connectivity index (χ1n) is 8.99. The number of aromatic nitrogens is 6. The summed E-state index contributed by atoms with van der Waals surface area (Å²) in [7, 11) is 0. The number of hydrogen-bond acceptors (Lipinski definition) is 6. The molecular weight excluding hydrogens is 366 g/mol. The minimum absolute atomic E-state index is 0.212. The van der Waals surface area contributed by atoms with Crippen LogP contribution < -0.4 is 5.56 Å². The number of rotatable bonds is 4. The third-order valence-electron chi connectivity index (χ3n) is 4.53. The topological polar surface area (TPSA) is 90.8 Å². The van der Waals surface area contributed by atoms with Crippen LogP contribution in [0.1, 0.15) is 5.69 Å². The third-order valence-corrected chi connectivity index (χ3v) is 4.53. The fraction of sp³-hybridized carbons (Fsp3) is 0.0476. The lowest BCUT2D eigenvalue weighted by molar-refractivity contribution is 0.763. The number of benzene rings is 1.